The van der Waals surface area contributed by atoms with Crippen LogP contribution >= 0.6 is 0 Å². The second kappa shape index (κ2) is 11.2. The number of primary amides is 1. The Kier molecular flexibility index (Phi) is 7.91. The van der Waals surface area contributed by atoms with Crippen molar-refractivity contribution in [2.75, 3.05) is 14.1 Å². The maximum Gasteiger partial charge on any atom is 0.319 e. The van der Waals surface area contributed by atoms with Gasteiger partial charge >= 0.3 is 6.03 Å². The van der Waals surface area contributed by atoms with Gasteiger partial charge in [-0.25, -0.2) is 4.79 Å². The molecule has 0 spiro atoms. The molecule has 1 aromatic heterocycles. The lowest BCUT2D eigenvalue weighted by Gasteiger charge is -2.14. The largest absolute Gasteiger partial charge is 0.457 e. The quantitative estimate of drug-likeness (QED) is 0.526. The molecule has 8 heteroatoms. The molecule has 8 nitrogen and oxygen atoms in total. The van der Waals surface area contributed by atoms with Gasteiger partial charge in [0.2, 0.25) is 0 Å². The maximum absolute atomic E-state index is 12.8. The molecule has 0 saturated carbocycles. The first kappa shape index (κ1) is 23.9. The van der Waals surface area contributed by atoms with Crippen molar-refractivity contribution in [3.8, 4) is 11.5 Å². The number of aromatic nitrogens is 1. The first-order valence-electron chi connectivity index (χ1n) is 10.3. The SMILES string of the molecule is CN(C)C(=O)/C(=C\c1cccnc1)c1ccc(Oc2ccc(/C=C/C(=O)NC(N)=O)cc2)cc1. The Morgan fingerprint density at radius 3 is 2.15 bits per heavy atom. The number of imide groups is 1. The van der Waals surface area contributed by atoms with E-state index in [1.165, 1.54) is 11.0 Å². The van der Waals surface area contributed by atoms with Crippen LogP contribution in [-0.2, 0) is 9.59 Å². The number of carbonyl (C=O) groups is 3. The number of hydrogen-bond acceptors (Lipinski definition) is 5. The summed E-state index contributed by atoms with van der Waals surface area (Å²) in [4.78, 5) is 40.5. The summed E-state index contributed by atoms with van der Waals surface area (Å²) < 4.78 is 5.88. The Balaban J connectivity index is 1.72. The highest BCUT2D eigenvalue weighted by atomic mass is 16.5. The van der Waals surface area contributed by atoms with Crippen molar-refractivity contribution in [1.29, 1.82) is 0 Å². The third kappa shape index (κ3) is 6.89. The van der Waals surface area contributed by atoms with Crippen LogP contribution in [0.3, 0.4) is 0 Å². The molecule has 0 aliphatic rings. The number of ether oxygens (including phenoxy) is 1. The smallest absolute Gasteiger partial charge is 0.319 e. The first-order valence-corrected chi connectivity index (χ1v) is 10.3. The standard InChI is InChI=1S/C26H24N4O4/c1-30(2)25(32)23(16-19-4-3-15-28-17-19)20-8-12-22(13-9-20)34-21-10-5-18(6-11-21)7-14-24(31)29-26(27)33/h3-17H,1-2H3,(H3,27,29,31,33)/b14-7+,23-16-. The van der Waals surface area contributed by atoms with Crippen LogP contribution in [0.2, 0.25) is 0 Å². The summed E-state index contributed by atoms with van der Waals surface area (Å²) in [6.07, 6.45) is 7.95. The van der Waals surface area contributed by atoms with E-state index in [9.17, 15) is 14.4 Å². The molecular weight excluding hydrogens is 432 g/mol. The number of nitrogens with two attached hydrogens (primary N) is 1. The van der Waals surface area contributed by atoms with E-state index in [1.807, 2.05) is 29.6 Å². The lowest BCUT2D eigenvalue weighted by Crippen LogP contribution is -2.33. The van der Waals surface area contributed by atoms with Crippen LogP contribution in [0.25, 0.3) is 17.7 Å². The first-order chi connectivity index (χ1) is 16.3. The number of rotatable bonds is 7. The molecule has 0 unspecified atom stereocenters. The van der Waals surface area contributed by atoms with E-state index in [2.05, 4.69) is 4.98 Å². The molecule has 0 aliphatic heterocycles. The van der Waals surface area contributed by atoms with Gasteiger partial charge in [0.05, 0.1) is 0 Å². The molecular formula is C26H24N4O4. The molecule has 2 aromatic carbocycles. The van der Waals surface area contributed by atoms with E-state index in [0.29, 0.717) is 17.1 Å². The van der Waals surface area contributed by atoms with Crippen LogP contribution in [0.4, 0.5) is 4.79 Å². The van der Waals surface area contributed by atoms with Crippen LogP contribution in [0.1, 0.15) is 16.7 Å². The minimum atomic E-state index is -0.907. The van der Waals surface area contributed by atoms with Gasteiger partial charge in [0, 0.05) is 38.1 Å². The van der Waals surface area contributed by atoms with Crippen LogP contribution in [0, 0.1) is 0 Å². The third-order valence-electron chi connectivity index (χ3n) is 4.59. The predicted octanol–water partition coefficient (Wildman–Crippen LogP) is 3.71. The molecule has 0 saturated heterocycles. The van der Waals surface area contributed by atoms with E-state index < -0.39 is 11.9 Å². The number of carbonyl (C=O) groups excluding carboxylic acids is 3. The van der Waals surface area contributed by atoms with E-state index in [4.69, 9.17) is 10.5 Å². The molecule has 172 valence electrons. The Morgan fingerprint density at radius 2 is 1.59 bits per heavy atom. The number of urea groups is 1. The average molecular weight is 457 g/mol. The molecule has 3 N–H and O–H groups in total. The van der Waals surface area contributed by atoms with Gasteiger partial charge in [-0.05, 0) is 59.2 Å². The zero-order chi connectivity index (χ0) is 24.5. The van der Waals surface area contributed by atoms with Crippen molar-refractivity contribution in [3.05, 3.63) is 95.8 Å². The average Bonchev–Trinajstić information content (AvgIpc) is 2.82. The second-order valence-corrected chi connectivity index (χ2v) is 7.43. The highest BCUT2D eigenvalue weighted by molar-refractivity contribution is 6.24. The Bertz CT molecular complexity index is 1220. The summed E-state index contributed by atoms with van der Waals surface area (Å²) >= 11 is 0. The summed E-state index contributed by atoms with van der Waals surface area (Å²) in [5, 5.41) is 1.95. The summed E-state index contributed by atoms with van der Waals surface area (Å²) in [5.41, 5.74) is 7.77. The molecule has 0 bridgehead atoms. The molecule has 0 aliphatic carbocycles. The van der Waals surface area contributed by atoms with E-state index >= 15 is 0 Å². The Labute approximate surface area is 197 Å². The normalized spacial score (nSPS) is 11.2. The van der Waals surface area contributed by atoms with Gasteiger partial charge in [-0.3, -0.25) is 19.9 Å². The monoisotopic (exact) mass is 456 g/mol. The molecule has 0 radical (unpaired) electrons. The fraction of sp³-hybridized carbons (Fsp3) is 0.0769. The van der Waals surface area contributed by atoms with Crippen molar-refractivity contribution in [2.24, 2.45) is 5.73 Å². The maximum atomic E-state index is 12.8. The summed E-state index contributed by atoms with van der Waals surface area (Å²) in [5.74, 6) is 0.483. The summed E-state index contributed by atoms with van der Waals surface area (Å²) in [6.45, 7) is 0. The highest BCUT2D eigenvalue weighted by Crippen LogP contribution is 2.26. The molecule has 0 atom stereocenters. The number of amides is 4. The molecule has 3 aromatic rings. The number of hydrogen-bond donors (Lipinski definition) is 2. The van der Waals surface area contributed by atoms with Gasteiger partial charge in [-0.1, -0.05) is 30.3 Å². The van der Waals surface area contributed by atoms with Crippen molar-refractivity contribution < 1.29 is 19.1 Å². The lowest BCUT2D eigenvalue weighted by atomic mass is 10.0. The lowest BCUT2D eigenvalue weighted by molar-refractivity contribution is -0.122. The van der Waals surface area contributed by atoms with Crippen molar-refractivity contribution in [3.63, 3.8) is 0 Å². The topological polar surface area (TPSA) is 115 Å². The second-order valence-electron chi connectivity index (χ2n) is 7.43. The number of benzene rings is 2. The minimum absolute atomic E-state index is 0.120. The third-order valence-corrected chi connectivity index (χ3v) is 4.59. The summed E-state index contributed by atoms with van der Waals surface area (Å²) in [7, 11) is 3.42. The van der Waals surface area contributed by atoms with Crippen molar-refractivity contribution >= 4 is 35.6 Å². The van der Waals surface area contributed by atoms with Crippen molar-refractivity contribution in [2.45, 2.75) is 0 Å². The molecule has 0 fully saturated rings. The zero-order valence-corrected chi connectivity index (χ0v) is 18.8. The summed E-state index contributed by atoms with van der Waals surface area (Å²) in [6, 6.07) is 17.1. The Hall–Kier alpha value is -4.72. The van der Waals surface area contributed by atoms with Crippen LogP contribution in [-0.4, -0.2) is 41.8 Å². The molecule has 3 rings (SSSR count). The van der Waals surface area contributed by atoms with Gasteiger partial charge in [0.15, 0.2) is 0 Å². The molecule has 34 heavy (non-hydrogen) atoms. The van der Waals surface area contributed by atoms with Crippen LogP contribution in [0.5, 0.6) is 11.5 Å². The Morgan fingerprint density at radius 1 is 0.941 bits per heavy atom. The van der Waals surface area contributed by atoms with E-state index in [0.717, 1.165) is 16.7 Å². The predicted molar refractivity (Wildman–Crippen MR) is 131 cm³/mol. The number of nitrogens with one attached hydrogen (secondary N) is 1. The van der Waals surface area contributed by atoms with Crippen LogP contribution < -0.4 is 15.8 Å². The van der Waals surface area contributed by atoms with Gasteiger partial charge in [-0.2, -0.15) is 0 Å². The number of pyridine rings is 1. The van der Waals surface area contributed by atoms with Crippen LogP contribution in [0.15, 0.2) is 79.1 Å². The fourth-order valence-corrected chi connectivity index (χ4v) is 2.96. The number of nitrogens with zero attached hydrogens (tertiary/aromatic N) is 2. The van der Waals surface area contributed by atoms with Gasteiger partial charge < -0.3 is 15.4 Å². The molecule has 4 amide bonds. The highest BCUT2D eigenvalue weighted by Gasteiger charge is 2.14. The van der Waals surface area contributed by atoms with Gasteiger partial charge in [0.25, 0.3) is 11.8 Å². The number of likely N-dealkylation sites (N-methyl/N-ethyl adjacent to an activating group) is 1. The van der Waals surface area contributed by atoms with Crippen molar-refractivity contribution in [1.82, 2.24) is 15.2 Å². The van der Waals surface area contributed by atoms with Gasteiger partial charge in [-0.15, -0.1) is 0 Å². The zero-order valence-electron chi connectivity index (χ0n) is 18.8. The van der Waals surface area contributed by atoms with E-state index in [1.54, 1.807) is 75.0 Å². The van der Waals surface area contributed by atoms with Gasteiger partial charge in [0.1, 0.15) is 11.5 Å². The fourth-order valence-electron chi connectivity index (χ4n) is 2.96. The molecule has 1 heterocycles. The minimum Gasteiger partial charge on any atom is -0.457 e. The van der Waals surface area contributed by atoms with E-state index in [-0.39, 0.29) is 5.91 Å².